The van der Waals surface area contributed by atoms with Crippen LogP contribution < -0.4 is 0 Å². The summed E-state index contributed by atoms with van der Waals surface area (Å²) in [6, 6.07) is 9.87. The molecule has 1 aliphatic carbocycles. The van der Waals surface area contributed by atoms with Crippen LogP contribution in [0.3, 0.4) is 0 Å². The van der Waals surface area contributed by atoms with Gasteiger partial charge in [-0.2, -0.15) is 5.26 Å². The van der Waals surface area contributed by atoms with Crippen molar-refractivity contribution in [3.05, 3.63) is 41.5 Å². The smallest absolute Gasteiger partial charge is 0.227 e. The van der Waals surface area contributed by atoms with Gasteiger partial charge in [0.05, 0.1) is 18.7 Å². The number of carbonyl (C=O) groups excluding carboxylic acids is 1. The van der Waals surface area contributed by atoms with Gasteiger partial charge in [0.15, 0.2) is 0 Å². The lowest BCUT2D eigenvalue weighted by Crippen LogP contribution is -2.66. The number of hydrogen-bond donors (Lipinski definition) is 1. The Morgan fingerprint density at radius 1 is 1.21 bits per heavy atom. The lowest BCUT2D eigenvalue weighted by molar-refractivity contribution is -0.154. The summed E-state index contributed by atoms with van der Waals surface area (Å²) in [5, 5.41) is 19.7. The van der Waals surface area contributed by atoms with Gasteiger partial charge in [-0.25, -0.2) is 0 Å². The molecule has 28 heavy (non-hydrogen) atoms. The Balaban J connectivity index is 1.52. The zero-order valence-corrected chi connectivity index (χ0v) is 16.2. The van der Waals surface area contributed by atoms with Crippen LogP contribution in [0.5, 0.6) is 0 Å². The first kappa shape index (κ1) is 19.2. The molecule has 2 saturated heterocycles. The molecule has 1 aromatic rings. The summed E-state index contributed by atoms with van der Waals surface area (Å²) in [6.45, 7) is 1.06. The van der Waals surface area contributed by atoms with Crippen LogP contribution in [0.15, 0.2) is 30.3 Å². The SMILES string of the molecule is N#C[C@@H]1[C@H](c2ccc(C3=CCCCC3)cc2)[C@H](CO)N1C(=O)C1CCOCC1. The van der Waals surface area contributed by atoms with E-state index in [9.17, 15) is 15.2 Å². The maximum atomic E-state index is 13.0. The lowest BCUT2D eigenvalue weighted by atomic mass is 9.74. The highest BCUT2D eigenvalue weighted by molar-refractivity contribution is 5.81. The molecule has 1 aromatic carbocycles. The van der Waals surface area contributed by atoms with Gasteiger partial charge in [0, 0.05) is 25.0 Å². The summed E-state index contributed by atoms with van der Waals surface area (Å²) >= 11 is 0. The molecule has 3 atom stereocenters. The molecule has 0 unspecified atom stereocenters. The van der Waals surface area contributed by atoms with E-state index in [1.807, 2.05) is 0 Å². The predicted octanol–water partition coefficient (Wildman–Crippen LogP) is 3.25. The van der Waals surface area contributed by atoms with Crippen molar-refractivity contribution in [3.63, 3.8) is 0 Å². The van der Waals surface area contributed by atoms with Gasteiger partial charge in [-0.3, -0.25) is 4.79 Å². The summed E-state index contributed by atoms with van der Waals surface area (Å²) in [7, 11) is 0. The van der Waals surface area contributed by atoms with E-state index in [4.69, 9.17) is 4.74 Å². The number of benzene rings is 1. The van der Waals surface area contributed by atoms with Gasteiger partial charge in [-0.05, 0) is 55.2 Å². The van der Waals surface area contributed by atoms with E-state index >= 15 is 0 Å². The van der Waals surface area contributed by atoms with Gasteiger partial charge in [-0.15, -0.1) is 0 Å². The third kappa shape index (κ3) is 3.47. The van der Waals surface area contributed by atoms with Crippen molar-refractivity contribution in [2.45, 2.75) is 56.5 Å². The molecule has 148 valence electrons. The molecule has 2 heterocycles. The summed E-state index contributed by atoms with van der Waals surface area (Å²) in [5.74, 6) is -0.234. The van der Waals surface area contributed by atoms with Crippen molar-refractivity contribution in [1.82, 2.24) is 4.90 Å². The van der Waals surface area contributed by atoms with Crippen LogP contribution in [-0.4, -0.2) is 47.8 Å². The first-order valence-corrected chi connectivity index (χ1v) is 10.4. The molecule has 1 N–H and O–H groups in total. The number of allylic oxidation sites excluding steroid dienone is 2. The van der Waals surface area contributed by atoms with E-state index in [1.54, 1.807) is 4.90 Å². The Kier molecular flexibility index (Phi) is 5.79. The van der Waals surface area contributed by atoms with E-state index < -0.39 is 6.04 Å². The number of ether oxygens (including phenoxy) is 1. The summed E-state index contributed by atoms with van der Waals surface area (Å²) in [4.78, 5) is 14.6. The highest BCUT2D eigenvalue weighted by atomic mass is 16.5. The van der Waals surface area contributed by atoms with Crippen molar-refractivity contribution in [3.8, 4) is 6.07 Å². The maximum absolute atomic E-state index is 13.0. The fourth-order valence-corrected chi connectivity index (χ4v) is 4.89. The lowest BCUT2D eigenvalue weighted by Gasteiger charge is -2.52. The highest BCUT2D eigenvalue weighted by Gasteiger charge is 2.52. The third-order valence-corrected chi connectivity index (χ3v) is 6.51. The number of hydrogen-bond acceptors (Lipinski definition) is 4. The molecule has 0 radical (unpaired) electrons. The molecule has 1 amide bonds. The van der Waals surface area contributed by atoms with E-state index in [1.165, 1.54) is 24.0 Å². The molecule has 2 aliphatic heterocycles. The second-order valence-electron chi connectivity index (χ2n) is 8.08. The van der Waals surface area contributed by atoms with Crippen LogP contribution in [0.4, 0.5) is 0 Å². The van der Waals surface area contributed by atoms with Crippen molar-refractivity contribution < 1.29 is 14.6 Å². The average Bonchev–Trinajstić information content (AvgIpc) is 2.75. The van der Waals surface area contributed by atoms with Crippen LogP contribution in [0, 0.1) is 17.2 Å². The van der Waals surface area contributed by atoms with Gasteiger partial charge < -0.3 is 14.7 Å². The van der Waals surface area contributed by atoms with Crippen LogP contribution in [0.25, 0.3) is 5.57 Å². The molecule has 0 bridgehead atoms. The van der Waals surface area contributed by atoms with E-state index in [0.29, 0.717) is 26.1 Å². The van der Waals surface area contributed by atoms with Crippen molar-refractivity contribution >= 4 is 11.5 Å². The van der Waals surface area contributed by atoms with Crippen LogP contribution in [-0.2, 0) is 9.53 Å². The summed E-state index contributed by atoms with van der Waals surface area (Å²) < 4.78 is 5.35. The predicted molar refractivity (Wildman–Crippen MR) is 106 cm³/mol. The standard InChI is InChI=1S/C23H28N2O3/c24-14-20-22(18-8-6-17(7-9-18)16-4-2-1-3-5-16)21(15-26)25(20)23(27)19-10-12-28-13-11-19/h4,6-9,19-22,26H,1-3,5,10-13,15H2/t20-,21+,22+/m1/s1. The molecule has 0 aromatic heterocycles. The van der Waals surface area contributed by atoms with E-state index in [2.05, 4.69) is 36.4 Å². The van der Waals surface area contributed by atoms with Crippen LogP contribution in [0.2, 0.25) is 0 Å². The quantitative estimate of drug-likeness (QED) is 0.870. The van der Waals surface area contributed by atoms with E-state index in [-0.39, 0.29) is 30.4 Å². The van der Waals surface area contributed by atoms with Crippen LogP contribution >= 0.6 is 0 Å². The Hall–Kier alpha value is -2.16. The minimum absolute atomic E-state index is 0.00543. The zero-order valence-electron chi connectivity index (χ0n) is 16.2. The number of rotatable bonds is 4. The van der Waals surface area contributed by atoms with Gasteiger partial charge in [0.25, 0.3) is 0 Å². The Morgan fingerprint density at radius 3 is 2.57 bits per heavy atom. The topological polar surface area (TPSA) is 73.6 Å². The largest absolute Gasteiger partial charge is 0.394 e. The molecule has 3 aliphatic rings. The maximum Gasteiger partial charge on any atom is 0.227 e. The van der Waals surface area contributed by atoms with Crippen LogP contribution in [0.1, 0.15) is 55.6 Å². The monoisotopic (exact) mass is 380 g/mol. The molecular formula is C23H28N2O3. The molecule has 5 nitrogen and oxygen atoms in total. The number of aliphatic hydroxyl groups is 1. The third-order valence-electron chi connectivity index (χ3n) is 6.51. The van der Waals surface area contributed by atoms with Crippen molar-refractivity contribution in [1.29, 1.82) is 5.26 Å². The molecular weight excluding hydrogens is 352 g/mol. The molecule has 0 saturated carbocycles. The number of nitrogens with zero attached hydrogens (tertiary/aromatic N) is 2. The number of carbonyl (C=O) groups is 1. The second-order valence-corrected chi connectivity index (χ2v) is 8.08. The highest BCUT2D eigenvalue weighted by Crippen LogP contribution is 2.42. The van der Waals surface area contributed by atoms with Gasteiger partial charge in [0.2, 0.25) is 5.91 Å². The zero-order chi connectivity index (χ0) is 19.5. The fourth-order valence-electron chi connectivity index (χ4n) is 4.89. The van der Waals surface area contributed by atoms with Gasteiger partial charge in [-0.1, -0.05) is 30.3 Å². The second kappa shape index (κ2) is 8.46. The first-order valence-electron chi connectivity index (χ1n) is 10.4. The number of nitriles is 1. The summed E-state index contributed by atoms with van der Waals surface area (Å²) in [6.07, 6.45) is 8.48. The van der Waals surface area contributed by atoms with Gasteiger partial charge >= 0.3 is 0 Å². The molecule has 5 heteroatoms. The minimum Gasteiger partial charge on any atom is -0.394 e. The number of aliphatic hydroxyl groups excluding tert-OH is 1. The summed E-state index contributed by atoms with van der Waals surface area (Å²) in [5.41, 5.74) is 3.67. The molecule has 0 spiro atoms. The minimum atomic E-state index is -0.507. The Bertz CT molecular complexity index is 774. The normalized spacial score (nSPS) is 28.2. The number of likely N-dealkylation sites (tertiary alicyclic amines) is 1. The fraction of sp³-hybridized carbons (Fsp3) is 0.565. The molecule has 2 fully saturated rings. The Labute approximate surface area is 166 Å². The molecule has 4 rings (SSSR count). The number of amides is 1. The first-order chi connectivity index (χ1) is 13.7. The van der Waals surface area contributed by atoms with Crippen molar-refractivity contribution in [2.24, 2.45) is 5.92 Å². The van der Waals surface area contributed by atoms with E-state index in [0.717, 1.165) is 18.4 Å². The average molecular weight is 380 g/mol. The van der Waals surface area contributed by atoms with Gasteiger partial charge in [0.1, 0.15) is 6.04 Å². The Morgan fingerprint density at radius 2 is 1.96 bits per heavy atom. The van der Waals surface area contributed by atoms with Crippen molar-refractivity contribution in [2.75, 3.05) is 19.8 Å².